The van der Waals surface area contributed by atoms with Gasteiger partial charge in [-0.25, -0.2) is 0 Å². The summed E-state index contributed by atoms with van der Waals surface area (Å²) in [6, 6.07) is 8.09. The third-order valence-electron chi connectivity index (χ3n) is 2.84. The summed E-state index contributed by atoms with van der Waals surface area (Å²) in [5.74, 6) is 0. The Kier molecular flexibility index (Phi) is 3.90. The second kappa shape index (κ2) is 5.20. The summed E-state index contributed by atoms with van der Waals surface area (Å²) in [7, 11) is 0. The van der Waals surface area contributed by atoms with Crippen molar-refractivity contribution in [2.45, 2.75) is 18.2 Å². The summed E-state index contributed by atoms with van der Waals surface area (Å²) >= 11 is 11.9. The van der Waals surface area contributed by atoms with E-state index in [4.69, 9.17) is 23.2 Å². The van der Waals surface area contributed by atoms with Gasteiger partial charge in [0.25, 0.3) is 0 Å². The van der Waals surface area contributed by atoms with E-state index < -0.39 is 0 Å². The van der Waals surface area contributed by atoms with Crippen molar-refractivity contribution in [2.24, 2.45) is 0 Å². The minimum atomic E-state index is 0.357. The molecule has 15 heavy (non-hydrogen) atoms. The number of hydrogen-bond donors (Lipinski definition) is 0. The lowest BCUT2D eigenvalue weighted by Crippen LogP contribution is -2.23. The molecule has 0 aliphatic carbocycles. The van der Waals surface area contributed by atoms with Crippen LogP contribution in [0.2, 0.25) is 5.02 Å². The molecule has 1 fully saturated rings. The van der Waals surface area contributed by atoms with Crippen LogP contribution >= 0.6 is 23.2 Å². The molecule has 1 nitrogen and oxygen atoms in total. The van der Waals surface area contributed by atoms with Crippen molar-refractivity contribution in [1.29, 1.82) is 0 Å². The van der Waals surface area contributed by atoms with Gasteiger partial charge in [0.2, 0.25) is 0 Å². The SMILES string of the molecule is Clc1ccc(CCN2CCC(Cl)C2)cc1. The smallest absolute Gasteiger partial charge is 0.0475 e. The van der Waals surface area contributed by atoms with Crippen molar-refractivity contribution in [3.05, 3.63) is 34.9 Å². The third kappa shape index (κ3) is 3.37. The molecule has 0 N–H and O–H groups in total. The van der Waals surface area contributed by atoms with E-state index in [0.29, 0.717) is 5.38 Å². The lowest BCUT2D eigenvalue weighted by Gasteiger charge is -2.14. The highest BCUT2D eigenvalue weighted by Crippen LogP contribution is 2.15. The molecular formula is C12H15Cl2N. The quantitative estimate of drug-likeness (QED) is 0.738. The third-order valence-corrected chi connectivity index (χ3v) is 3.45. The molecule has 1 aromatic carbocycles. The topological polar surface area (TPSA) is 3.24 Å². The van der Waals surface area contributed by atoms with Gasteiger partial charge >= 0.3 is 0 Å². The second-order valence-electron chi connectivity index (χ2n) is 4.06. The van der Waals surface area contributed by atoms with E-state index in [0.717, 1.165) is 37.5 Å². The van der Waals surface area contributed by atoms with E-state index in [1.54, 1.807) is 0 Å². The van der Waals surface area contributed by atoms with Crippen LogP contribution in [-0.4, -0.2) is 29.9 Å². The van der Waals surface area contributed by atoms with E-state index in [1.165, 1.54) is 5.56 Å². The van der Waals surface area contributed by atoms with Gasteiger partial charge < -0.3 is 4.90 Å². The van der Waals surface area contributed by atoms with Crippen molar-refractivity contribution >= 4 is 23.2 Å². The van der Waals surface area contributed by atoms with Gasteiger partial charge in [-0.3, -0.25) is 0 Å². The fraction of sp³-hybridized carbons (Fsp3) is 0.500. The fourth-order valence-electron chi connectivity index (χ4n) is 1.93. The average Bonchev–Trinajstić information content (AvgIpc) is 2.64. The fourth-order valence-corrected chi connectivity index (χ4v) is 2.35. The molecule has 0 saturated carbocycles. The van der Waals surface area contributed by atoms with Crippen LogP contribution < -0.4 is 0 Å². The molecule has 1 saturated heterocycles. The Balaban J connectivity index is 1.80. The molecule has 2 rings (SSSR count). The van der Waals surface area contributed by atoms with Crippen LogP contribution in [0, 0.1) is 0 Å². The van der Waals surface area contributed by atoms with Crippen molar-refractivity contribution in [2.75, 3.05) is 19.6 Å². The largest absolute Gasteiger partial charge is 0.301 e. The maximum Gasteiger partial charge on any atom is 0.0475 e. The Labute approximate surface area is 101 Å². The molecule has 0 bridgehead atoms. The first-order valence-electron chi connectivity index (χ1n) is 5.35. The van der Waals surface area contributed by atoms with Gasteiger partial charge in [0.15, 0.2) is 0 Å². The number of hydrogen-bond acceptors (Lipinski definition) is 1. The van der Waals surface area contributed by atoms with Gasteiger partial charge in [0.05, 0.1) is 0 Å². The van der Waals surface area contributed by atoms with Gasteiger partial charge in [-0.1, -0.05) is 23.7 Å². The van der Waals surface area contributed by atoms with Crippen LogP contribution in [-0.2, 0) is 6.42 Å². The molecule has 1 aliphatic rings. The molecule has 3 heteroatoms. The van der Waals surface area contributed by atoms with E-state index in [2.05, 4.69) is 17.0 Å². The normalized spacial score (nSPS) is 22.1. The van der Waals surface area contributed by atoms with Gasteiger partial charge in [-0.2, -0.15) is 0 Å². The molecule has 0 spiro atoms. The van der Waals surface area contributed by atoms with Crippen LogP contribution in [0.15, 0.2) is 24.3 Å². The molecule has 1 heterocycles. The number of rotatable bonds is 3. The molecule has 0 radical (unpaired) electrons. The zero-order chi connectivity index (χ0) is 10.7. The number of nitrogens with zero attached hydrogens (tertiary/aromatic N) is 1. The van der Waals surface area contributed by atoms with Crippen molar-refractivity contribution in [3.8, 4) is 0 Å². The second-order valence-corrected chi connectivity index (χ2v) is 5.12. The Morgan fingerprint density at radius 1 is 1.27 bits per heavy atom. The maximum absolute atomic E-state index is 6.05. The summed E-state index contributed by atoms with van der Waals surface area (Å²) in [6.45, 7) is 3.28. The molecule has 1 aliphatic heterocycles. The van der Waals surface area contributed by atoms with Gasteiger partial charge in [0.1, 0.15) is 0 Å². The predicted octanol–water partition coefficient (Wildman–Crippen LogP) is 3.20. The van der Waals surface area contributed by atoms with Crippen LogP contribution in [0.25, 0.3) is 0 Å². The Morgan fingerprint density at radius 3 is 2.60 bits per heavy atom. The first-order valence-corrected chi connectivity index (χ1v) is 6.16. The highest BCUT2D eigenvalue weighted by Gasteiger charge is 2.19. The molecule has 0 aromatic heterocycles. The number of alkyl halides is 1. The molecule has 1 unspecified atom stereocenters. The molecule has 1 atom stereocenters. The van der Waals surface area contributed by atoms with Gasteiger partial charge in [-0.05, 0) is 37.1 Å². The standard InChI is InChI=1S/C12H15Cl2N/c13-11-3-1-10(2-4-11)5-7-15-8-6-12(14)9-15/h1-4,12H,5-9H2. The van der Waals surface area contributed by atoms with Gasteiger partial charge in [0, 0.05) is 23.5 Å². The minimum Gasteiger partial charge on any atom is -0.301 e. The number of halogens is 2. The monoisotopic (exact) mass is 243 g/mol. The molecule has 0 amide bonds. The predicted molar refractivity (Wildman–Crippen MR) is 65.9 cm³/mol. The molecule has 82 valence electrons. The molecular weight excluding hydrogens is 229 g/mol. The Hall–Kier alpha value is -0.240. The number of benzene rings is 1. The first-order chi connectivity index (χ1) is 7.24. The molecule has 1 aromatic rings. The summed E-state index contributed by atoms with van der Waals surface area (Å²) in [5.41, 5.74) is 1.34. The summed E-state index contributed by atoms with van der Waals surface area (Å²) in [4.78, 5) is 2.42. The Morgan fingerprint density at radius 2 is 2.00 bits per heavy atom. The lowest BCUT2D eigenvalue weighted by atomic mass is 10.1. The van der Waals surface area contributed by atoms with E-state index in [9.17, 15) is 0 Å². The first kappa shape index (κ1) is 11.3. The van der Waals surface area contributed by atoms with Crippen LogP contribution in [0.1, 0.15) is 12.0 Å². The maximum atomic E-state index is 6.05. The number of likely N-dealkylation sites (tertiary alicyclic amines) is 1. The minimum absolute atomic E-state index is 0.357. The summed E-state index contributed by atoms with van der Waals surface area (Å²) in [6.07, 6.45) is 2.21. The Bertz CT molecular complexity index is 310. The van der Waals surface area contributed by atoms with E-state index in [1.807, 2.05) is 12.1 Å². The highest BCUT2D eigenvalue weighted by atomic mass is 35.5. The van der Waals surface area contributed by atoms with Crippen LogP contribution in [0.3, 0.4) is 0 Å². The van der Waals surface area contributed by atoms with Crippen molar-refractivity contribution in [3.63, 3.8) is 0 Å². The zero-order valence-corrected chi connectivity index (χ0v) is 10.1. The van der Waals surface area contributed by atoms with Crippen molar-refractivity contribution < 1.29 is 0 Å². The zero-order valence-electron chi connectivity index (χ0n) is 8.63. The van der Waals surface area contributed by atoms with Crippen molar-refractivity contribution in [1.82, 2.24) is 4.90 Å². The van der Waals surface area contributed by atoms with E-state index in [-0.39, 0.29) is 0 Å². The van der Waals surface area contributed by atoms with E-state index >= 15 is 0 Å². The average molecular weight is 244 g/mol. The van der Waals surface area contributed by atoms with Crippen LogP contribution in [0.4, 0.5) is 0 Å². The lowest BCUT2D eigenvalue weighted by molar-refractivity contribution is 0.344. The van der Waals surface area contributed by atoms with Gasteiger partial charge in [-0.15, -0.1) is 11.6 Å². The van der Waals surface area contributed by atoms with Crippen LogP contribution in [0.5, 0.6) is 0 Å². The summed E-state index contributed by atoms with van der Waals surface area (Å²) < 4.78 is 0. The highest BCUT2D eigenvalue weighted by molar-refractivity contribution is 6.30. The summed E-state index contributed by atoms with van der Waals surface area (Å²) in [5, 5.41) is 1.16.